The standard InChI is InChI=1S/C16H13NO2/c18-11-13-10-17(16-7-2-1-6-15(13)16)9-12-4-3-5-14(19)8-12/h1-8,10-11,19H,9H2. The van der Waals surface area contributed by atoms with Gasteiger partial charge in [-0.1, -0.05) is 30.3 Å². The predicted molar refractivity (Wildman–Crippen MR) is 74.5 cm³/mol. The summed E-state index contributed by atoms with van der Waals surface area (Å²) in [5.41, 5.74) is 2.71. The molecular formula is C16H13NO2. The lowest BCUT2D eigenvalue weighted by atomic mass is 10.2. The van der Waals surface area contributed by atoms with Crippen LogP contribution in [0.15, 0.2) is 54.7 Å². The maximum atomic E-state index is 11.1. The van der Waals surface area contributed by atoms with Crippen molar-refractivity contribution >= 4 is 17.2 Å². The molecule has 0 atom stereocenters. The van der Waals surface area contributed by atoms with E-state index in [2.05, 4.69) is 0 Å². The summed E-state index contributed by atoms with van der Waals surface area (Å²) in [6, 6.07) is 15.0. The molecule has 0 fully saturated rings. The number of rotatable bonds is 3. The molecule has 3 heteroatoms. The van der Waals surface area contributed by atoms with E-state index in [1.807, 2.05) is 47.2 Å². The van der Waals surface area contributed by atoms with Crippen LogP contribution in [0.5, 0.6) is 5.75 Å². The van der Waals surface area contributed by atoms with E-state index < -0.39 is 0 Å². The number of carbonyl (C=O) groups excluding carboxylic acids is 1. The second-order valence-electron chi connectivity index (χ2n) is 4.52. The maximum Gasteiger partial charge on any atom is 0.152 e. The Balaban J connectivity index is 2.08. The highest BCUT2D eigenvalue weighted by molar-refractivity contribution is 5.97. The zero-order chi connectivity index (χ0) is 13.2. The van der Waals surface area contributed by atoms with Crippen molar-refractivity contribution in [2.45, 2.75) is 6.54 Å². The Morgan fingerprint density at radius 1 is 1.11 bits per heavy atom. The molecule has 19 heavy (non-hydrogen) atoms. The average Bonchev–Trinajstić information content (AvgIpc) is 2.77. The quantitative estimate of drug-likeness (QED) is 0.726. The monoisotopic (exact) mass is 251 g/mol. The van der Waals surface area contributed by atoms with Crippen LogP contribution in [-0.2, 0) is 6.54 Å². The first-order chi connectivity index (χ1) is 9.28. The Hall–Kier alpha value is -2.55. The minimum atomic E-state index is 0.254. The number of aromatic nitrogens is 1. The van der Waals surface area contributed by atoms with E-state index in [1.165, 1.54) is 0 Å². The van der Waals surface area contributed by atoms with Gasteiger partial charge in [0.1, 0.15) is 5.75 Å². The van der Waals surface area contributed by atoms with E-state index >= 15 is 0 Å². The van der Waals surface area contributed by atoms with Crippen molar-refractivity contribution in [3.63, 3.8) is 0 Å². The molecule has 0 aliphatic heterocycles. The second kappa shape index (κ2) is 4.61. The number of phenolic OH excluding ortho intramolecular Hbond substituents is 1. The van der Waals surface area contributed by atoms with Gasteiger partial charge in [0, 0.05) is 29.2 Å². The Labute approximate surface area is 110 Å². The molecule has 0 radical (unpaired) electrons. The molecule has 0 unspecified atom stereocenters. The number of fused-ring (bicyclic) bond motifs is 1. The molecule has 94 valence electrons. The lowest BCUT2D eigenvalue weighted by Gasteiger charge is -2.05. The molecule has 0 aliphatic carbocycles. The molecule has 2 aromatic carbocycles. The first kappa shape index (κ1) is 11.5. The van der Waals surface area contributed by atoms with Gasteiger partial charge in [0.05, 0.1) is 0 Å². The lowest BCUT2D eigenvalue weighted by molar-refractivity contribution is 0.112. The number of para-hydroxylation sites is 1. The molecule has 0 saturated carbocycles. The Kier molecular flexibility index (Phi) is 2.80. The lowest BCUT2D eigenvalue weighted by Crippen LogP contribution is -1.97. The predicted octanol–water partition coefficient (Wildman–Crippen LogP) is 3.21. The third-order valence-electron chi connectivity index (χ3n) is 3.21. The van der Waals surface area contributed by atoms with Crippen LogP contribution < -0.4 is 0 Å². The number of benzene rings is 2. The zero-order valence-corrected chi connectivity index (χ0v) is 10.3. The van der Waals surface area contributed by atoms with Crippen LogP contribution in [0.3, 0.4) is 0 Å². The van der Waals surface area contributed by atoms with E-state index in [9.17, 15) is 9.90 Å². The third-order valence-corrected chi connectivity index (χ3v) is 3.21. The van der Waals surface area contributed by atoms with E-state index in [0.29, 0.717) is 12.1 Å². The molecule has 1 N–H and O–H groups in total. The van der Waals surface area contributed by atoms with Crippen molar-refractivity contribution in [3.8, 4) is 5.75 Å². The first-order valence-corrected chi connectivity index (χ1v) is 6.09. The van der Waals surface area contributed by atoms with Crippen molar-refractivity contribution in [2.75, 3.05) is 0 Å². The Bertz CT molecular complexity index is 743. The van der Waals surface area contributed by atoms with Gasteiger partial charge in [0.15, 0.2) is 6.29 Å². The SMILES string of the molecule is O=Cc1cn(Cc2cccc(O)c2)c2ccccc12. The van der Waals surface area contributed by atoms with Crippen molar-refractivity contribution in [2.24, 2.45) is 0 Å². The molecule has 1 aromatic heterocycles. The van der Waals surface area contributed by atoms with E-state index in [4.69, 9.17) is 0 Å². The molecule has 0 amide bonds. The third kappa shape index (κ3) is 2.10. The summed E-state index contributed by atoms with van der Waals surface area (Å²) in [6.07, 6.45) is 2.73. The minimum absolute atomic E-state index is 0.254. The fraction of sp³-hybridized carbons (Fsp3) is 0.0625. The van der Waals surface area contributed by atoms with Gasteiger partial charge in [0.25, 0.3) is 0 Å². The number of aromatic hydroxyl groups is 1. The number of carbonyl (C=O) groups is 1. The molecule has 3 aromatic rings. The Morgan fingerprint density at radius 3 is 2.74 bits per heavy atom. The first-order valence-electron chi connectivity index (χ1n) is 6.09. The van der Waals surface area contributed by atoms with Crippen LogP contribution in [0.1, 0.15) is 15.9 Å². The van der Waals surface area contributed by atoms with Gasteiger partial charge < -0.3 is 9.67 Å². The van der Waals surface area contributed by atoms with Gasteiger partial charge >= 0.3 is 0 Å². The van der Waals surface area contributed by atoms with Crippen LogP contribution in [0.2, 0.25) is 0 Å². The molecular weight excluding hydrogens is 238 g/mol. The summed E-state index contributed by atoms with van der Waals surface area (Å²) in [7, 11) is 0. The molecule has 3 rings (SSSR count). The molecule has 3 nitrogen and oxygen atoms in total. The van der Waals surface area contributed by atoms with Gasteiger partial charge in [-0.3, -0.25) is 4.79 Å². The molecule has 1 heterocycles. The summed E-state index contributed by atoms with van der Waals surface area (Å²) < 4.78 is 2.02. The van der Waals surface area contributed by atoms with E-state index in [-0.39, 0.29) is 5.75 Å². The fourth-order valence-corrected chi connectivity index (χ4v) is 2.35. The van der Waals surface area contributed by atoms with Crippen molar-refractivity contribution < 1.29 is 9.90 Å². The van der Waals surface area contributed by atoms with Crippen LogP contribution in [0, 0.1) is 0 Å². The average molecular weight is 251 g/mol. The van der Waals surface area contributed by atoms with Gasteiger partial charge in [-0.15, -0.1) is 0 Å². The van der Waals surface area contributed by atoms with Crippen LogP contribution in [0.4, 0.5) is 0 Å². The van der Waals surface area contributed by atoms with Gasteiger partial charge in [-0.2, -0.15) is 0 Å². The highest BCUT2D eigenvalue weighted by Crippen LogP contribution is 2.21. The highest BCUT2D eigenvalue weighted by atomic mass is 16.3. The van der Waals surface area contributed by atoms with Crippen LogP contribution >= 0.6 is 0 Å². The topological polar surface area (TPSA) is 42.2 Å². The van der Waals surface area contributed by atoms with Crippen molar-refractivity contribution in [3.05, 3.63) is 65.9 Å². The normalized spacial score (nSPS) is 10.7. The summed E-state index contributed by atoms with van der Waals surface area (Å²) in [5, 5.41) is 10.4. The van der Waals surface area contributed by atoms with E-state index in [0.717, 1.165) is 22.8 Å². The Morgan fingerprint density at radius 2 is 1.95 bits per heavy atom. The number of nitrogens with zero attached hydrogens (tertiary/aromatic N) is 1. The van der Waals surface area contributed by atoms with Gasteiger partial charge in [-0.05, 0) is 23.8 Å². The number of hydrogen-bond donors (Lipinski definition) is 1. The highest BCUT2D eigenvalue weighted by Gasteiger charge is 2.07. The van der Waals surface area contributed by atoms with Gasteiger partial charge in [0.2, 0.25) is 0 Å². The fourth-order valence-electron chi connectivity index (χ4n) is 2.35. The van der Waals surface area contributed by atoms with Gasteiger partial charge in [-0.25, -0.2) is 0 Å². The molecule has 0 aliphatic rings. The minimum Gasteiger partial charge on any atom is -0.508 e. The van der Waals surface area contributed by atoms with Crippen LogP contribution in [0.25, 0.3) is 10.9 Å². The largest absolute Gasteiger partial charge is 0.508 e. The summed E-state index contributed by atoms with van der Waals surface area (Å²) >= 11 is 0. The zero-order valence-electron chi connectivity index (χ0n) is 10.3. The van der Waals surface area contributed by atoms with E-state index in [1.54, 1.807) is 12.1 Å². The molecule has 0 bridgehead atoms. The number of phenols is 1. The van der Waals surface area contributed by atoms with Crippen LogP contribution in [-0.4, -0.2) is 16.0 Å². The smallest absolute Gasteiger partial charge is 0.152 e. The summed E-state index contributed by atoms with van der Waals surface area (Å²) in [4.78, 5) is 11.1. The summed E-state index contributed by atoms with van der Waals surface area (Å²) in [6.45, 7) is 0.628. The summed E-state index contributed by atoms with van der Waals surface area (Å²) in [5.74, 6) is 0.254. The second-order valence-corrected chi connectivity index (χ2v) is 4.52. The van der Waals surface area contributed by atoms with Crippen molar-refractivity contribution in [1.82, 2.24) is 4.57 Å². The molecule has 0 spiro atoms. The molecule has 0 saturated heterocycles. The number of hydrogen-bond acceptors (Lipinski definition) is 2. The van der Waals surface area contributed by atoms with Crippen molar-refractivity contribution in [1.29, 1.82) is 0 Å². The number of aldehydes is 1. The maximum absolute atomic E-state index is 11.1.